The molecule has 2 fully saturated rings. The molecule has 3 amide bonds. The minimum atomic E-state index is -0.467. The number of hydrogen-bond donors (Lipinski definition) is 3. The van der Waals surface area contributed by atoms with Gasteiger partial charge in [0.25, 0.3) is 0 Å². The van der Waals surface area contributed by atoms with Gasteiger partial charge in [-0.15, -0.1) is 0 Å². The molecule has 0 aromatic carbocycles. The average molecular weight is 374 g/mol. The second-order valence-electron chi connectivity index (χ2n) is 7.00. The molecular formula is C17H22N6O2S. The van der Waals surface area contributed by atoms with E-state index in [1.807, 2.05) is 13.0 Å². The van der Waals surface area contributed by atoms with Crippen molar-refractivity contribution < 1.29 is 9.59 Å². The van der Waals surface area contributed by atoms with Crippen LogP contribution in [0.25, 0.3) is 0 Å². The Balaban J connectivity index is 1.42. The van der Waals surface area contributed by atoms with Gasteiger partial charge < -0.3 is 11.1 Å². The van der Waals surface area contributed by atoms with Crippen LogP contribution in [0.1, 0.15) is 38.2 Å². The van der Waals surface area contributed by atoms with Crippen LogP contribution < -0.4 is 16.4 Å². The second-order valence-corrected chi connectivity index (χ2v) is 7.94. The van der Waals surface area contributed by atoms with Crippen LogP contribution in [0.2, 0.25) is 0 Å². The van der Waals surface area contributed by atoms with E-state index < -0.39 is 11.9 Å². The number of nitrogens with one attached hydrogen (secondary N) is 2. The Bertz CT molecular complexity index is 749. The summed E-state index contributed by atoms with van der Waals surface area (Å²) in [6.07, 6.45) is 6.34. The van der Waals surface area contributed by atoms with Crippen LogP contribution in [0.3, 0.4) is 0 Å². The fraction of sp³-hybridized carbons (Fsp3) is 0.588. The molecule has 2 aliphatic rings. The van der Waals surface area contributed by atoms with Gasteiger partial charge in [0, 0.05) is 6.04 Å². The summed E-state index contributed by atoms with van der Waals surface area (Å²) in [5, 5.41) is 14.3. The quantitative estimate of drug-likeness (QED) is 0.527. The molecule has 4 N–H and O–H groups in total. The minimum absolute atomic E-state index is 0.0126. The number of fused-ring (bicyclic) bond motifs is 2. The normalized spacial score (nSPS) is 24.7. The lowest BCUT2D eigenvalue weighted by molar-refractivity contribution is -0.117. The number of nitrogens with zero attached hydrogens (tertiary/aromatic N) is 3. The maximum Gasteiger partial charge on any atom is 0.321 e. The Morgan fingerprint density at radius 2 is 2.27 bits per heavy atom. The maximum atomic E-state index is 12.0. The molecule has 1 aromatic rings. The highest BCUT2D eigenvalue weighted by molar-refractivity contribution is 7.99. The van der Waals surface area contributed by atoms with Crippen LogP contribution in [-0.4, -0.2) is 33.7 Å². The Kier molecular flexibility index (Phi) is 5.61. The summed E-state index contributed by atoms with van der Waals surface area (Å²) in [6.45, 7) is 2.01. The highest BCUT2D eigenvalue weighted by Gasteiger charge is 2.42. The largest absolute Gasteiger partial charge is 0.382 e. The fourth-order valence-corrected chi connectivity index (χ4v) is 4.71. The summed E-state index contributed by atoms with van der Waals surface area (Å²) in [5.41, 5.74) is 5.80. The second kappa shape index (κ2) is 7.91. The number of hydrogen-bond acceptors (Lipinski definition) is 7. The van der Waals surface area contributed by atoms with Crippen molar-refractivity contribution in [2.75, 3.05) is 11.5 Å². The van der Waals surface area contributed by atoms with Gasteiger partial charge in [-0.2, -0.15) is 5.26 Å². The Labute approximate surface area is 156 Å². The summed E-state index contributed by atoms with van der Waals surface area (Å²) >= 11 is 1.05. The first-order chi connectivity index (χ1) is 12.5. The lowest BCUT2D eigenvalue weighted by Gasteiger charge is -2.28. The molecule has 0 aliphatic heterocycles. The highest BCUT2D eigenvalue weighted by atomic mass is 32.2. The number of carbonyl (C=O) groups excluding carboxylic acids is 2. The molecule has 8 nitrogen and oxygen atoms in total. The Morgan fingerprint density at radius 3 is 2.88 bits per heavy atom. The molecule has 1 aromatic heterocycles. The number of urea groups is 1. The topological polar surface area (TPSA) is 134 Å². The van der Waals surface area contributed by atoms with Gasteiger partial charge in [0.15, 0.2) is 5.16 Å². The Morgan fingerprint density at radius 1 is 1.46 bits per heavy atom. The summed E-state index contributed by atoms with van der Waals surface area (Å²) in [5.74, 6) is 1.66. The lowest BCUT2D eigenvalue weighted by atomic mass is 9.84. The molecule has 2 saturated carbocycles. The molecule has 9 heteroatoms. The summed E-state index contributed by atoms with van der Waals surface area (Å²) in [6, 6.07) is 1.47. The molecule has 3 rings (SSSR count). The van der Waals surface area contributed by atoms with E-state index in [1.165, 1.54) is 31.9 Å². The van der Waals surface area contributed by atoms with Crippen molar-refractivity contribution >= 4 is 29.5 Å². The maximum absolute atomic E-state index is 12.0. The number of nitriles is 1. The van der Waals surface area contributed by atoms with Crippen molar-refractivity contribution in [3.05, 3.63) is 11.8 Å². The van der Waals surface area contributed by atoms with Gasteiger partial charge in [0.1, 0.15) is 17.5 Å². The van der Waals surface area contributed by atoms with Gasteiger partial charge >= 0.3 is 6.03 Å². The molecule has 0 spiro atoms. The standard InChI is InChI=1S/C17H22N6O2S/c1-9(13-5-10-2-3-11(13)4-10)21-16(25)22-14(24)8-26-17-20-7-12(6-18)15(19)23-17/h7,9-11,13H,2-5,8H2,1H3,(H2,19,20,23)(H2,21,22,24,25)/t9-,10+,11+,13+/m1/s1. The molecule has 26 heavy (non-hydrogen) atoms. The van der Waals surface area contributed by atoms with Gasteiger partial charge in [-0.3, -0.25) is 10.1 Å². The van der Waals surface area contributed by atoms with E-state index in [9.17, 15) is 9.59 Å². The van der Waals surface area contributed by atoms with E-state index in [4.69, 9.17) is 11.0 Å². The van der Waals surface area contributed by atoms with Crippen molar-refractivity contribution in [1.29, 1.82) is 5.26 Å². The zero-order chi connectivity index (χ0) is 18.7. The molecular weight excluding hydrogens is 352 g/mol. The van der Waals surface area contributed by atoms with Crippen molar-refractivity contribution in [2.24, 2.45) is 17.8 Å². The number of rotatable bonds is 5. The fourth-order valence-electron chi connectivity index (χ4n) is 4.08. The highest BCUT2D eigenvalue weighted by Crippen LogP contribution is 2.49. The van der Waals surface area contributed by atoms with Gasteiger partial charge in [0.2, 0.25) is 5.91 Å². The number of thioether (sulfide) groups is 1. The monoisotopic (exact) mass is 374 g/mol. The van der Waals surface area contributed by atoms with Gasteiger partial charge in [-0.25, -0.2) is 14.8 Å². The van der Waals surface area contributed by atoms with Gasteiger partial charge in [-0.1, -0.05) is 18.2 Å². The molecule has 0 radical (unpaired) electrons. The van der Waals surface area contributed by atoms with Crippen molar-refractivity contribution in [3.8, 4) is 6.07 Å². The Hall–Kier alpha value is -2.34. The van der Waals surface area contributed by atoms with E-state index in [-0.39, 0.29) is 28.3 Å². The molecule has 0 unspecified atom stereocenters. The number of amides is 3. The number of anilines is 1. The van der Waals surface area contributed by atoms with Crippen LogP contribution in [0.5, 0.6) is 0 Å². The zero-order valence-corrected chi connectivity index (χ0v) is 15.4. The summed E-state index contributed by atoms with van der Waals surface area (Å²) < 4.78 is 0. The molecule has 4 atom stereocenters. The third-order valence-electron chi connectivity index (χ3n) is 5.30. The first kappa shape index (κ1) is 18.5. The van der Waals surface area contributed by atoms with Gasteiger partial charge in [-0.05, 0) is 43.9 Å². The number of carbonyl (C=O) groups is 2. The van der Waals surface area contributed by atoms with E-state index in [0.29, 0.717) is 11.8 Å². The third kappa shape index (κ3) is 4.25. The molecule has 1 heterocycles. The number of aromatic nitrogens is 2. The first-order valence-electron chi connectivity index (χ1n) is 8.72. The predicted molar refractivity (Wildman–Crippen MR) is 97.0 cm³/mol. The van der Waals surface area contributed by atoms with Crippen molar-refractivity contribution in [2.45, 2.75) is 43.8 Å². The lowest BCUT2D eigenvalue weighted by Crippen LogP contribution is -2.47. The molecule has 138 valence electrons. The molecule has 0 saturated heterocycles. The molecule has 2 bridgehead atoms. The molecule has 2 aliphatic carbocycles. The van der Waals surface area contributed by atoms with Crippen LogP contribution in [0.4, 0.5) is 10.6 Å². The van der Waals surface area contributed by atoms with Crippen molar-refractivity contribution in [1.82, 2.24) is 20.6 Å². The number of imide groups is 1. The third-order valence-corrected chi connectivity index (χ3v) is 6.16. The van der Waals surface area contributed by atoms with Gasteiger partial charge in [0.05, 0.1) is 11.9 Å². The van der Waals surface area contributed by atoms with Crippen LogP contribution in [0.15, 0.2) is 11.4 Å². The van der Waals surface area contributed by atoms with Crippen LogP contribution in [0, 0.1) is 29.1 Å². The van der Waals surface area contributed by atoms with Crippen LogP contribution >= 0.6 is 11.8 Å². The minimum Gasteiger partial charge on any atom is -0.382 e. The van der Waals surface area contributed by atoms with E-state index in [0.717, 1.165) is 17.7 Å². The number of nitrogen functional groups attached to an aromatic ring is 1. The van der Waals surface area contributed by atoms with E-state index >= 15 is 0 Å². The smallest absolute Gasteiger partial charge is 0.321 e. The average Bonchev–Trinajstić information content (AvgIpc) is 3.23. The van der Waals surface area contributed by atoms with E-state index in [1.54, 1.807) is 0 Å². The first-order valence-corrected chi connectivity index (χ1v) is 9.70. The summed E-state index contributed by atoms with van der Waals surface area (Å²) in [7, 11) is 0. The van der Waals surface area contributed by atoms with E-state index in [2.05, 4.69) is 20.6 Å². The number of nitrogens with two attached hydrogens (primary N) is 1. The zero-order valence-electron chi connectivity index (χ0n) is 14.6. The summed E-state index contributed by atoms with van der Waals surface area (Å²) in [4.78, 5) is 31.9. The predicted octanol–water partition coefficient (Wildman–Crippen LogP) is 1.67. The van der Waals surface area contributed by atoms with Crippen molar-refractivity contribution in [3.63, 3.8) is 0 Å². The SMILES string of the molecule is C[C@@H](NC(=O)NC(=O)CSc1ncc(C#N)c(N)n1)[C@@H]1C[C@H]2CC[C@H]1C2. The van der Waals surface area contributed by atoms with Crippen LogP contribution in [-0.2, 0) is 4.79 Å².